The molecular weight excluding hydrogens is 434 g/mol. The zero-order chi connectivity index (χ0) is 23.7. The molecule has 2 aliphatic heterocycles. The maximum Gasteiger partial charge on any atom is 0.255 e. The highest BCUT2D eigenvalue weighted by molar-refractivity contribution is 5.96. The fraction of sp³-hybridized carbons (Fsp3) is 0.250. The minimum absolute atomic E-state index is 0.0502. The number of imidazole rings is 1. The van der Waals surface area contributed by atoms with Gasteiger partial charge in [0.15, 0.2) is 5.82 Å². The Morgan fingerprint density at radius 2 is 1.94 bits per heavy atom. The van der Waals surface area contributed by atoms with E-state index < -0.39 is 5.91 Å². The van der Waals surface area contributed by atoms with Gasteiger partial charge in [-0.25, -0.2) is 9.97 Å². The Hall–Kier alpha value is -4.18. The first-order valence-corrected chi connectivity index (χ1v) is 11.0. The molecule has 2 aliphatic rings. The number of morpholine rings is 1. The summed E-state index contributed by atoms with van der Waals surface area (Å²) in [6.45, 7) is 4.69. The van der Waals surface area contributed by atoms with Crippen LogP contribution in [0.3, 0.4) is 0 Å². The predicted octanol–water partition coefficient (Wildman–Crippen LogP) is 2.05. The molecule has 1 fully saturated rings. The molecular formula is C24H25N7O3. The molecule has 174 valence electrons. The summed E-state index contributed by atoms with van der Waals surface area (Å²) < 4.78 is 7.31. The second-order valence-corrected chi connectivity index (χ2v) is 8.15. The van der Waals surface area contributed by atoms with E-state index in [1.54, 1.807) is 35.5 Å². The molecule has 0 radical (unpaired) electrons. The Labute approximate surface area is 196 Å². The van der Waals surface area contributed by atoms with E-state index in [1.165, 1.54) is 0 Å². The number of benzene rings is 1. The lowest BCUT2D eigenvalue weighted by Crippen LogP contribution is -2.40. The molecule has 2 amide bonds. The largest absolute Gasteiger partial charge is 0.378 e. The molecule has 5 rings (SSSR count). The third-order valence-electron chi connectivity index (χ3n) is 6.00. The number of aromatic nitrogens is 3. The van der Waals surface area contributed by atoms with Gasteiger partial charge >= 0.3 is 0 Å². The summed E-state index contributed by atoms with van der Waals surface area (Å²) in [5, 5.41) is 3.31. The molecule has 1 aromatic carbocycles. The van der Waals surface area contributed by atoms with Gasteiger partial charge in [-0.15, -0.1) is 0 Å². The second kappa shape index (κ2) is 8.99. The number of anilines is 2. The number of rotatable bonds is 5. The molecule has 34 heavy (non-hydrogen) atoms. The lowest BCUT2D eigenvalue weighted by atomic mass is 10.1. The summed E-state index contributed by atoms with van der Waals surface area (Å²) in [4.78, 5) is 37.2. The summed E-state index contributed by atoms with van der Waals surface area (Å²) in [6, 6.07) is 9.03. The molecule has 0 saturated carbocycles. The maximum absolute atomic E-state index is 12.7. The Balaban J connectivity index is 1.40. The van der Waals surface area contributed by atoms with Crippen molar-refractivity contribution in [3.05, 3.63) is 77.6 Å². The monoisotopic (exact) mass is 459 g/mol. The van der Waals surface area contributed by atoms with E-state index in [9.17, 15) is 9.59 Å². The van der Waals surface area contributed by atoms with E-state index in [0.29, 0.717) is 49.9 Å². The van der Waals surface area contributed by atoms with Crippen molar-refractivity contribution in [3.63, 3.8) is 0 Å². The van der Waals surface area contributed by atoms with Crippen LogP contribution in [-0.4, -0.2) is 57.6 Å². The molecule has 0 spiro atoms. The first-order valence-electron chi connectivity index (χ1n) is 11.0. The van der Waals surface area contributed by atoms with Gasteiger partial charge < -0.3 is 30.2 Å². The molecule has 0 unspecified atom stereocenters. The number of hydrogen-bond donors (Lipinski definition) is 2. The van der Waals surface area contributed by atoms with Crippen LogP contribution in [0.25, 0.3) is 5.70 Å². The van der Waals surface area contributed by atoms with Gasteiger partial charge in [-0.1, -0.05) is 6.07 Å². The molecule has 4 heterocycles. The van der Waals surface area contributed by atoms with E-state index in [0.717, 1.165) is 22.8 Å². The number of carbonyl (C=O) groups excluding carboxylic acids is 2. The van der Waals surface area contributed by atoms with E-state index in [1.807, 2.05) is 40.9 Å². The summed E-state index contributed by atoms with van der Waals surface area (Å²) >= 11 is 0. The molecule has 1 saturated heterocycles. The highest BCUT2D eigenvalue weighted by Gasteiger charge is 2.22. The average Bonchev–Trinajstić information content (AvgIpc) is 3.34. The normalized spacial score (nSPS) is 15.5. The smallest absolute Gasteiger partial charge is 0.255 e. The number of nitrogens with two attached hydrogens (primary N) is 1. The van der Waals surface area contributed by atoms with Gasteiger partial charge in [0.05, 0.1) is 24.5 Å². The van der Waals surface area contributed by atoms with Gasteiger partial charge in [0.1, 0.15) is 12.5 Å². The van der Waals surface area contributed by atoms with Crippen LogP contribution in [0.15, 0.2) is 55.1 Å². The molecule has 0 aliphatic carbocycles. The number of nitrogens with one attached hydrogen (secondary N) is 1. The molecule has 2 aromatic heterocycles. The third-order valence-corrected chi connectivity index (χ3v) is 6.00. The number of nitrogens with zero attached hydrogens (tertiary/aromatic N) is 5. The summed E-state index contributed by atoms with van der Waals surface area (Å²) in [6.07, 6.45) is 7.14. The van der Waals surface area contributed by atoms with Crippen LogP contribution in [0.2, 0.25) is 0 Å². The van der Waals surface area contributed by atoms with E-state index >= 15 is 0 Å². The van der Waals surface area contributed by atoms with Crippen LogP contribution in [0, 0.1) is 6.92 Å². The number of amides is 2. The van der Waals surface area contributed by atoms with Gasteiger partial charge in [0, 0.05) is 49.1 Å². The lowest BCUT2D eigenvalue weighted by Gasteiger charge is -2.30. The van der Waals surface area contributed by atoms with Crippen LogP contribution in [0.1, 0.15) is 32.1 Å². The molecule has 10 nitrogen and oxygen atoms in total. The van der Waals surface area contributed by atoms with Gasteiger partial charge in [0.25, 0.3) is 5.91 Å². The second-order valence-electron chi connectivity index (χ2n) is 8.15. The van der Waals surface area contributed by atoms with E-state index in [2.05, 4.69) is 15.3 Å². The van der Waals surface area contributed by atoms with Crippen molar-refractivity contribution in [2.24, 2.45) is 5.73 Å². The van der Waals surface area contributed by atoms with Crippen molar-refractivity contribution in [2.45, 2.75) is 13.6 Å². The van der Waals surface area contributed by atoms with E-state index in [-0.39, 0.29) is 5.91 Å². The van der Waals surface area contributed by atoms with Crippen LogP contribution in [0.5, 0.6) is 0 Å². The van der Waals surface area contributed by atoms with Crippen molar-refractivity contribution >= 4 is 29.0 Å². The molecule has 10 heteroatoms. The fourth-order valence-corrected chi connectivity index (χ4v) is 4.20. The number of carbonyl (C=O) groups is 2. The van der Waals surface area contributed by atoms with Gasteiger partial charge in [-0.3, -0.25) is 9.59 Å². The van der Waals surface area contributed by atoms with Crippen LogP contribution in [-0.2, 0) is 11.4 Å². The summed E-state index contributed by atoms with van der Waals surface area (Å²) in [7, 11) is 0. The van der Waals surface area contributed by atoms with Crippen molar-refractivity contribution < 1.29 is 14.3 Å². The topological polar surface area (TPSA) is 119 Å². The first-order chi connectivity index (χ1) is 16.5. The van der Waals surface area contributed by atoms with Crippen LogP contribution >= 0.6 is 0 Å². The Morgan fingerprint density at radius 3 is 2.68 bits per heavy atom. The molecule has 3 aromatic rings. The number of ether oxygens (including phenoxy) is 1. The fourth-order valence-electron chi connectivity index (χ4n) is 4.20. The third kappa shape index (κ3) is 4.11. The average molecular weight is 460 g/mol. The zero-order valence-corrected chi connectivity index (χ0v) is 18.8. The zero-order valence-electron chi connectivity index (χ0n) is 18.8. The van der Waals surface area contributed by atoms with Crippen LogP contribution in [0.4, 0.5) is 11.5 Å². The van der Waals surface area contributed by atoms with Crippen molar-refractivity contribution in [1.82, 2.24) is 19.4 Å². The standard InChI is InChI=1S/C24H25N7O3/c1-16-18(22(25)32)3-2-4-20(16)31-14-19(23-26-7-8-30(23)15-31)28-21-6-5-17(13-27-21)24(33)29-9-11-34-12-10-29/h2-8,13-14H,9-12,15H2,1H3,(H2,25,32)(H,27,28). The van der Waals surface area contributed by atoms with Gasteiger partial charge in [-0.2, -0.15) is 0 Å². The molecule has 3 N–H and O–H groups in total. The minimum atomic E-state index is -0.460. The Bertz CT molecular complexity index is 1260. The van der Waals surface area contributed by atoms with Crippen molar-refractivity contribution in [1.29, 1.82) is 0 Å². The quantitative estimate of drug-likeness (QED) is 0.599. The maximum atomic E-state index is 12.7. The highest BCUT2D eigenvalue weighted by Crippen LogP contribution is 2.29. The summed E-state index contributed by atoms with van der Waals surface area (Å²) in [5.41, 5.74) is 8.97. The number of fused-ring (bicyclic) bond motifs is 1. The predicted molar refractivity (Wildman–Crippen MR) is 127 cm³/mol. The molecule has 0 bridgehead atoms. The number of hydrogen-bond acceptors (Lipinski definition) is 7. The van der Waals surface area contributed by atoms with Crippen molar-refractivity contribution in [3.8, 4) is 0 Å². The van der Waals surface area contributed by atoms with Gasteiger partial charge in [0.2, 0.25) is 5.91 Å². The number of primary amides is 1. The summed E-state index contributed by atoms with van der Waals surface area (Å²) in [5.74, 6) is 0.836. The number of pyridine rings is 1. The molecule has 0 atom stereocenters. The first kappa shape index (κ1) is 21.7. The van der Waals surface area contributed by atoms with E-state index in [4.69, 9.17) is 10.5 Å². The lowest BCUT2D eigenvalue weighted by molar-refractivity contribution is 0.0302. The highest BCUT2D eigenvalue weighted by atomic mass is 16.5. The Morgan fingerprint density at radius 1 is 1.12 bits per heavy atom. The van der Waals surface area contributed by atoms with Gasteiger partial charge in [-0.05, 0) is 36.8 Å². The van der Waals surface area contributed by atoms with Crippen LogP contribution < -0.4 is 16.0 Å². The van der Waals surface area contributed by atoms with Crippen molar-refractivity contribution in [2.75, 3.05) is 36.5 Å². The Kier molecular flexibility index (Phi) is 5.72. The SMILES string of the molecule is Cc1c(C(N)=O)cccc1N1C=C(Nc2ccc(C(=O)N3CCOCC3)cn2)c2nccn2C1. The minimum Gasteiger partial charge on any atom is -0.378 e.